The van der Waals surface area contributed by atoms with Crippen LogP contribution >= 0.6 is 0 Å². The summed E-state index contributed by atoms with van der Waals surface area (Å²) in [6.07, 6.45) is 1.63. The summed E-state index contributed by atoms with van der Waals surface area (Å²) in [6.45, 7) is 14.9. The molecule has 0 spiro atoms. The Hall–Kier alpha value is -2.31. The first-order valence-corrected chi connectivity index (χ1v) is 13.6. The molecule has 3 aromatic rings. The summed E-state index contributed by atoms with van der Waals surface area (Å²) in [5.41, 5.74) is 1.32. The van der Waals surface area contributed by atoms with Gasteiger partial charge in [0.15, 0.2) is 0 Å². The van der Waals surface area contributed by atoms with Crippen molar-refractivity contribution in [2.45, 2.75) is 43.8 Å². The lowest BCUT2D eigenvalue weighted by Crippen LogP contribution is -2.40. The Morgan fingerprint density at radius 1 is 1.00 bits per heavy atom. The van der Waals surface area contributed by atoms with E-state index in [0.717, 1.165) is 5.39 Å². The Balaban J connectivity index is 2.14. The van der Waals surface area contributed by atoms with Crippen molar-refractivity contribution in [1.29, 1.82) is 0 Å². The van der Waals surface area contributed by atoms with E-state index in [1.54, 1.807) is 42.6 Å². The summed E-state index contributed by atoms with van der Waals surface area (Å²) >= 11 is 0. The van der Waals surface area contributed by atoms with E-state index in [0.29, 0.717) is 16.8 Å². The minimum atomic E-state index is -3.72. The van der Waals surface area contributed by atoms with Gasteiger partial charge in [-0.3, -0.25) is 0 Å². The normalized spacial score (nSPS) is 12.9. The van der Waals surface area contributed by atoms with Gasteiger partial charge < -0.3 is 4.43 Å². The largest absolute Gasteiger partial charge is 0.543 e. The number of nitrogens with zero attached hydrogens (tertiary/aromatic N) is 1. The van der Waals surface area contributed by atoms with E-state index in [9.17, 15) is 8.42 Å². The number of hydrogen-bond donors (Lipinski definition) is 0. The second kappa shape index (κ2) is 6.94. The molecular formula is C22H27NO3SSi. The molecule has 28 heavy (non-hydrogen) atoms. The van der Waals surface area contributed by atoms with Crippen molar-refractivity contribution in [2.75, 3.05) is 0 Å². The van der Waals surface area contributed by atoms with Gasteiger partial charge in [0, 0.05) is 17.1 Å². The van der Waals surface area contributed by atoms with Crippen molar-refractivity contribution in [1.82, 2.24) is 3.97 Å². The molecule has 0 aliphatic rings. The molecule has 1 heterocycles. The maximum atomic E-state index is 13.2. The molecule has 0 atom stereocenters. The van der Waals surface area contributed by atoms with Gasteiger partial charge in [-0.25, -0.2) is 12.4 Å². The number of aromatic nitrogens is 1. The van der Waals surface area contributed by atoms with Crippen LogP contribution in [0.15, 0.2) is 72.3 Å². The molecule has 2 aromatic carbocycles. The first-order chi connectivity index (χ1) is 12.9. The topological polar surface area (TPSA) is 48.3 Å². The van der Waals surface area contributed by atoms with E-state index in [-0.39, 0.29) is 9.93 Å². The lowest BCUT2D eigenvalue weighted by Gasteiger charge is -2.37. The minimum absolute atomic E-state index is 0.0183. The molecule has 0 aliphatic heterocycles. The summed E-state index contributed by atoms with van der Waals surface area (Å²) in [7, 11) is -5.82. The van der Waals surface area contributed by atoms with Crippen LogP contribution in [0.3, 0.4) is 0 Å². The maximum absolute atomic E-state index is 13.2. The van der Waals surface area contributed by atoms with Gasteiger partial charge in [-0.2, -0.15) is 0 Å². The Morgan fingerprint density at radius 3 is 2.18 bits per heavy atom. The number of fused-ring (bicyclic) bond motifs is 1. The van der Waals surface area contributed by atoms with Crippen molar-refractivity contribution in [2.24, 2.45) is 0 Å². The van der Waals surface area contributed by atoms with Gasteiger partial charge in [0.25, 0.3) is 10.0 Å². The molecule has 4 nitrogen and oxygen atoms in total. The van der Waals surface area contributed by atoms with E-state index in [4.69, 9.17) is 4.43 Å². The van der Waals surface area contributed by atoms with Crippen molar-refractivity contribution < 1.29 is 12.8 Å². The highest BCUT2D eigenvalue weighted by Gasteiger charge is 2.39. The van der Waals surface area contributed by atoms with Crippen LogP contribution in [0.2, 0.25) is 18.1 Å². The van der Waals surface area contributed by atoms with Crippen LogP contribution in [0.1, 0.15) is 26.3 Å². The van der Waals surface area contributed by atoms with E-state index < -0.39 is 18.3 Å². The third-order valence-electron chi connectivity index (χ3n) is 5.46. The molecule has 0 aliphatic carbocycles. The summed E-state index contributed by atoms with van der Waals surface area (Å²) in [5, 5.41) is 0.829. The molecule has 0 amide bonds. The summed E-state index contributed by atoms with van der Waals surface area (Å²) in [6, 6.07) is 15.9. The Bertz CT molecular complexity index is 1120. The first kappa shape index (κ1) is 20.4. The Morgan fingerprint density at radius 2 is 1.57 bits per heavy atom. The van der Waals surface area contributed by atoms with Gasteiger partial charge in [-0.15, -0.1) is 0 Å². The van der Waals surface area contributed by atoms with E-state index >= 15 is 0 Å². The van der Waals surface area contributed by atoms with Crippen LogP contribution in [-0.2, 0) is 14.4 Å². The molecule has 0 bridgehead atoms. The second-order valence-electron chi connectivity index (χ2n) is 8.46. The number of para-hydroxylation sites is 1. The standard InChI is InChI=1S/C22H27NO3SSi/c1-17(26-28(5,6)22(2,3)4)20-16-23(21-15-11-10-14-19(20)21)27(24,25)18-12-8-7-9-13-18/h7-16H,1H2,2-6H3. The van der Waals surface area contributed by atoms with Crippen molar-refractivity contribution in [3.05, 3.63) is 72.9 Å². The molecule has 0 saturated heterocycles. The van der Waals surface area contributed by atoms with Gasteiger partial charge in [-0.1, -0.05) is 63.7 Å². The van der Waals surface area contributed by atoms with Crippen molar-refractivity contribution in [3.63, 3.8) is 0 Å². The molecule has 3 rings (SSSR count). The minimum Gasteiger partial charge on any atom is -0.543 e. The van der Waals surface area contributed by atoms with Crippen molar-refractivity contribution >= 4 is 35.0 Å². The molecule has 1 aromatic heterocycles. The number of benzene rings is 2. The fourth-order valence-corrected chi connectivity index (χ4v) is 5.22. The van der Waals surface area contributed by atoms with Gasteiger partial charge in [0.05, 0.1) is 10.4 Å². The summed E-state index contributed by atoms with van der Waals surface area (Å²) in [4.78, 5) is 0.248. The van der Waals surface area contributed by atoms with Gasteiger partial charge in [-0.05, 0) is 36.3 Å². The SMILES string of the molecule is C=C(O[Si](C)(C)C(C)(C)C)c1cn(S(=O)(=O)c2ccccc2)c2ccccc12. The van der Waals surface area contributed by atoms with Gasteiger partial charge in [0.2, 0.25) is 8.32 Å². The van der Waals surface area contributed by atoms with Crippen molar-refractivity contribution in [3.8, 4) is 0 Å². The molecule has 0 N–H and O–H groups in total. The molecule has 0 radical (unpaired) electrons. The smallest absolute Gasteiger partial charge is 0.268 e. The molecule has 6 heteroatoms. The van der Waals surface area contributed by atoms with E-state index in [1.165, 1.54) is 3.97 Å². The monoisotopic (exact) mass is 413 g/mol. The number of rotatable bonds is 5. The van der Waals surface area contributed by atoms with E-state index in [1.807, 2.05) is 18.2 Å². The fraction of sp³-hybridized carbons (Fsp3) is 0.273. The van der Waals surface area contributed by atoms with Crippen LogP contribution in [-0.4, -0.2) is 20.7 Å². The van der Waals surface area contributed by atoms with Gasteiger partial charge >= 0.3 is 0 Å². The average molecular weight is 414 g/mol. The van der Waals surface area contributed by atoms with Crippen LogP contribution < -0.4 is 0 Å². The van der Waals surface area contributed by atoms with E-state index in [2.05, 4.69) is 40.4 Å². The zero-order valence-electron chi connectivity index (χ0n) is 17.1. The zero-order valence-corrected chi connectivity index (χ0v) is 18.9. The van der Waals surface area contributed by atoms with Crippen LogP contribution in [0.25, 0.3) is 16.7 Å². The number of hydrogen-bond acceptors (Lipinski definition) is 3. The first-order valence-electron chi connectivity index (χ1n) is 9.24. The van der Waals surface area contributed by atoms with Gasteiger partial charge in [0.1, 0.15) is 5.76 Å². The summed E-state index contributed by atoms with van der Waals surface area (Å²) in [5.74, 6) is 0.518. The van der Waals surface area contributed by atoms with Crippen LogP contribution in [0, 0.1) is 0 Å². The lowest BCUT2D eigenvalue weighted by molar-refractivity contribution is 0.459. The quantitative estimate of drug-likeness (QED) is 0.388. The lowest BCUT2D eigenvalue weighted by atomic mass is 10.1. The van der Waals surface area contributed by atoms with Crippen LogP contribution in [0.5, 0.6) is 0 Å². The predicted octanol–water partition coefficient (Wildman–Crippen LogP) is 5.87. The third kappa shape index (κ3) is 3.54. The Labute approximate surface area is 168 Å². The zero-order chi connectivity index (χ0) is 20.7. The maximum Gasteiger partial charge on any atom is 0.268 e. The highest BCUT2D eigenvalue weighted by Crippen LogP contribution is 2.40. The molecular weight excluding hydrogens is 386 g/mol. The fourth-order valence-electron chi connectivity index (χ4n) is 2.79. The average Bonchev–Trinajstić information content (AvgIpc) is 3.02. The second-order valence-corrected chi connectivity index (χ2v) is 15.0. The molecule has 0 unspecified atom stereocenters. The Kier molecular flexibility index (Phi) is 5.06. The highest BCUT2D eigenvalue weighted by molar-refractivity contribution is 7.90. The third-order valence-corrected chi connectivity index (χ3v) is 11.5. The molecule has 0 fully saturated rings. The molecule has 148 valence electrons. The summed E-state index contributed by atoms with van der Waals surface area (Å²) < 4.78 is 34.1. The predicted molar refractivity (Wildman–Crippen MR) is 118 cm³/mol. The molecule has 0 saturated carbocycles. The van der Waals surface area contributed by atoms with Crippen LogP contribution in [0.4, 0.5) is 0 Å². The highest BCUT2D eigenvalue weighted by atomic mass is 32.2.